The van der Waals surface area contributed by atoms with Crippen molar-refractivity contribution in [2.75, 3.05) is 13.2 Å². The SMILES string of the molecule is O=[N+]([O-])c1ccc(OCCOC(c2ccccc2)(c2ccccc2)c2ccccc2)cc1. The van der Waals surface area contributed by atoms with Crippen molar-refractivity contribution < 1.29 is 14.4 Å². The van der Waals surface area contributed by atoms with Gasteiger partial charge in [0.15, 0.2) is 0 Å². The van der Waals surface area contributed by atoms with E-state index in [9.17, 15) is 10.1 Å². The van der Waals surface area contributed by atoms with Crippen LogP contribution in [-0.2, 0) is 10.3 Å². The average Bonchev–Trinajstić information content (AvgIpc) is 2.86. The summed E-state index contributed by atoms with van der Waals surface area (Å²) in [5, 5.41) is 10.8. The number of nitro benzene ring substituents is 1. The van der Waals surface area contributed by atoms with Crippen molar-refractivity contribution in [2.45, 2.75) is 5.60 Å². The molecule has 0 radical (unpaired) electrons. The van der Waals surface area contributed by atoms with E-state index in [0.29, 0.717) is 19.0 Å². The van der Waals surface area contributed by atoms with Crippen LogP contribution in [0.25, 0.3) is 0 Å². The number of ether oxygens (including phenoxy) is 2. The molecule has 0 fully saturated rings. The maximum atomic E-state index is 10.8. The fraction of sp³-hybridized carbons (Fsp3) is 0.111. The van der Waals surface area contributed by atoms with E-state index < -0.39 is 10.5 Å². The van der Waals surface area contributed by atoms with E-state index in [0.717, 1.165) is 16.7 Å². The molecule has 5 heteroatoms. The first-order valence-electron chi connectivity index (χ1n) is 10.4. The van der Waals surface area contributed by atoms with Crippen LogP contribution < -0.4 is 4.74 Å². The third-order valence-electron chi connectivity index (χ3n) is 5.26. The Morgan fingerprint density at radius 3 is 1.47 bits per heavy atom. The molecule has 0 saturated heterocycles. The Kier molecular flexibility index (Phi) is 6.58. The first-order valence-corrected chi connectivity index (χ1v) is 10.4. The van der Waals surface area contributed by atoms with Crippen molar-refractivity contribution in [3.63, 3.8) is 0 Å². The van der Waals surface area contributed by atoms with Crippen LogP contribution in [0.15, 0.2) is 115 Å². The van der Waals surface area contributed by atoms with Gasteiger partial charge in [0.05, 0.1) is 11.5 Å². The highest BCUT2D eigenvalue weighted by Gasteiger charge is 2.37. The molecule has 0 unspecified atom stereocenters. The van der Waals surface area contributed by atoms with Crippen molar-refractivity contribution in [1.82, 2.24) is 0 Å². The monoisotopic (exact) mass is 425 g/mol. The van der Waals surface area contributed by atoms with Crippen LogP contribution >= 0.6 is 0 Å². The molecule has 0 saturated carbocycles. The highest BCUT2D eigenvalue weighted by molar-refractivity contribution is 5.47. The van der Waals surface area contributed by atoms with E-state index in [1.54, 1.807) is 12.1 Å². The summed E-state index contributed by atoms with van der Waals surface area (Å²) in [5.41, 5.74) is 2.29. The van der Waals surface area contributed by atoms with Gasteiger partial charge in [0, 0.05) is 12.1 Å². The molecule has 0 heterocycles. The molecule has 0 aliphatic heterocycles. The molecule has 0 atom stereocenters. The van der Waals surface area contributed by atoms with E-state index in [2.05, 4.69) is 36.4 Å². The fourth-order valence-corrected chi connectivity index (χ4v) is 3.79. The van der Waals surface area contributed by atoms with E-state index in [1.807, 2.05) is 54.6 Å². The number of rotatable bonds is 9. The smallest absolute Gasteiger partial charge is 0.269 e. The average molecular weight is 425 g/mol. The highest BCUT2D eigenvalue weighted by atomic mass is 16.6. The maximum Gasteiger partial charge on any atom is 0.269 e. The van der Waals surface area contributed by atoms with Crippen molar-refractivity contribution in [3.05, 3.63) is 142 Å². The van der Waals surface area contributed by atoms with Gasteiger partial charge in [-0.25, -0.2) is 0 Å². The largest absolute Gasteiger partial charge is 0.491 e. The topological polar surface area (TPSA) is 61.6 Å². The molecule has 0 N–H and O–H groups in total. The number of nitrogens with zero attached hydrogens (tertiary/aromatic N) is 1. The molecule has 4 rings (SSSR count). The fourth-order valence-electron chi connectivity index (χ4n) is 3.79. The number of benzene rings is 4. The zero-order valence-electron chi connectivity index (χ0n) is 17.5. The van der Waals surface area contributed by atoms with Gasteiger partial charge in [-0.05, 0) is 28.8 Å². The molecular weight excluding hydrogens is 402 g/mol. The van der Waals surface area contributed by atoms with Crippen molar-refractivity contribution >= 4 is 5.69 Å². The van der Waals surface area contributed by atoms with Crippen molar-refractivity contribution in [3.8, 4) is 5.75 Å². The van der Waals surface area contributed by atoms with Crippen molar-refractivity contribution in [1.29, 1.82) is 0 Å². The van der Waals surface area contributed by atoms with Crippen LogP contribution in [0.5, 0.6) is 5.75 Å². The summed E-state index contributed by atoms with van der Waals surface area (Å²) in [7, 11) is 0. The quantitative estimate of drug-likeness (QED) is 0.143. The zero-order valence-corrected chi connectivity index (χ0v) is 17.5. The second-order valence-electron chi connectivity index (χ2n) is 7.23. The first-order chi connectivity index (χ1) is 15.7. The molecule has 0 aromatic heterocycles. The predicted octanol–water partition coefficient (Wildman–Crippen LogP) is 5.98. The number of hydrogen-bond acceptors (Lipinski definition) is 4. The molecule has 0 bridgehead atoms. The lowest BCUT2D eigenvalue weighted by Gasteiger charge is -2.36. The van der Waals surface area contributed by atoms with Crippen LogP contribution in [0.4, 0.5) is 5.69 Å². The molecule has 160 valence electrons. The van der Waals surface area contributed by atoms with Crippen LogP contribution in [0.2, 0.25) is 0 Å². The highest BCUT2D eigenvalue weighted by Crippen LogP contribution is 2.40. The van der Waals surface area contributed by atoms with Crippen LogP contribution in [-0.4, -0.2) is 18.1 Å². The van der Waals surface area contributed by atoms with Gasteiger partial charge >= 0.3 is 0 Å². The van der Waals surface area contributed by atoms with Crippen LogP contribution in [0, 0.1) is 10.1 Å². The minimum Gasteiger partial charge on any atom is -0.491 e. The lowest BCUT2D eigenvalue weighted by molar-refractivity contribution is -0.384. The molecule has 0 aliphatic rings. The summed E-state index contributed by atoms with van der Waals surface area (Å²) in [4.78, 5) is 10.4. The van der Waals surface area contributed by atoms with Gasteiger partial charge < -0.3 is 9.47 Å². The normalized spacial score (nSPS) is 11.1. The van der Waals surface area contributed by atoms with Gasteiger partial charge in [-0.3, -0.25) is 10.1 Å². The molecule has 0 spiro atoms. The van der Waals surface area contributed by atoms with E-state index in [1.165, 1.54) is 12.1 Å². The lowest BCUT2D eigenvalue weighted by atomic mass is 9.80. The van der Waals surface area contributed by atoms with Gasteiger partial charge in [-0.2, -0.15) is 0 Å². The Morgan fingerprint density at radius 1 is 0.625 bits per heavy atom. The van der Waals surface area contributed by atoms with Gasteiger partial charge in [-0.15, -0.1) is 0 Å². The van der Waals surface area contributed by atoms with Gasteiger partial charge in [0.1, 0.15) is 18.0 Å². The molecule has 0 aliphatic carbocycles. The van der Waals surface area contributed by atoms with Crippen molar-refractivity contribution in [2.24, 2.45) is 0 Å². The third kappa shape index (κ3) is 4.53. The van der Waals surface area contributed by atoms with Crippen LogP contribution in [0.1, 0.15) is 16.7 Å². The summed E-state index contributed by atoms with van der Waals surface area (Å²) in [6.45, 7) is 0.613. The second-order valence-corrected chi connectivity index (χ2v) is 7.23. The minimum absolute atomic E-state index is 0.0323. The molecule has 5 nitrogen and oxygen atoms in total. The summed E-state index contributed by atoms with van der Waals surface area (Å²) in [6, 6.07) is 36.5. The van der Waals surface area contributed by atoms with Crippen LogP contribution in [0.3, 0.4) is 0 Å². The summed E-state index contributed by atoms with van der Waals surface area (Å²) < 4.78 is 12.4. The standard InChI is InChI=1S/C27H23NO4/c29-28(30)25-16-18-26(19-17-25)31-20-21-32-27(22-10-4-1-5-11-22,23-12-6-2-7-13-23)24-14-8-3-9-15-24/h1-19H,20-21H2. The predicted molar refractivity (Wildman–Crippen MR) is 124 cm³/mol. The minimum atomic E-state index is -0.803. The maximum absolute atomic E-state index is 10.8. The second kappa shape index (κ2) is 9.90. The molecule has 0 amide bonds. The molecule has 4 aromatic rings. The Hall–Kier alpha value is -3.96. The summed E-state index contributed by atoms with van der Waals surface area (Å²) in [6.07, 6.45) is 0. The Morgan fingerprint density at radius 2 is 1.06 bits per heavy atom. The lowest BCUT2D eigenvalue weighted by Crippen LogP contribution is -2.34. The summed E-state index contributed by atoms with van der Waals surface area (Å²) >= 11 is 0. The molecule has 32 heavy (non-hydrogen) atoms. The van der Waals surface area contributed by atoms with E-state index in [-0.39, 0.29) is 5.69 Å². The zero-order chi connectivity index (χ0) is 22.2. The number of nitro groups is 1. The number of hydrogen-bond donors (Lipinski definition) is 0. The Labute approximate surface area is 187 Å². The third-order valence-corrected chi connectivity index (χ3v) is 5.26. The Bertz CT molecular complexity index is 1030. The Balaban J connectivity index is 1.62. The summed E-state index contributed by atoms with van der Waals surface area (Å²) in [5.74, 6) is 0.559. The first kappa shape index (κ1) is 21.3. The molecular formula is C27H23NO4. The van der Waals surface area contributed by atoms with Gasteiger partial charge in [0.25, 0.3) is 5.69 Å². The van der Waals surface area contributed by atoms with Gasteiger partial charge in [-0.1, -0.05) is 91.0 Å². The van der Waals surface area contributed by atoms with E-state index >= 15 is 0 Å². The van der Waals surface area contributed by atoms with E-state index in [4.69, 9.17) is 9.47 Å². The molecule has 4 aromatic carbocycles. The number of non-ortho nitro benzene ring substituents is 1. The van der Waals surface area contributed by atoms with Gasteiger partial charge in [0.2, 0.25) is 0 Å².